The third kappa shape index (κ3) is 5.76. The van der Waals surface area contributed by atoms with E-state index >= 15 is 0 Å². The van der Waals surface area contributed by atoms with E-state index in [4.69, 9.17) is 10.6 Å². The van der Waals surface area contributed by atoms with E-state index in [0.29, 0.717) is 12.7 Å². The Hall–Kier alpha value is -0.120. The molecule has 3 nitrogen and oxygen atoms in total. The quantitative estimate of drug-likeness (QED) is 0.426. The Morgan fingerprint density at radius 2 is 2.00 bits per heavy atom. The van der Waals surface area contributed by atoms with E-state index in [-0.39, 0.29) is 6.04 Å². The van der Waals surface area contributed by atoms with Crippen LogP contribution in [0.1, 0.15) is 20.8 Å². The lowest BCUT2D eigenvalue weighted by Crippen LogP contribution is -2.36. The molecule has 0 rings (SSSR count). The molecule has 0 spiro atoms. The van der Waals surface area contributed by atoms with Crippen molar-refractivity contribution in [1.82, 2.24) is 5.43 Å². The van der Waals surface area contributed by atoms with Crippen LogP contribution in [0.3, 0.4) is 0 Å². The Morgan fingerprint density at radius 1 is 1.44 bits per heavy atom. The zero-order valence-corrected chi connectivity index (χ0v) is 6.35. The van der Waals surface area contributed by atoms with Crippen molar-refractivity contribution in [3.63, 3.8) is 0 Å². The average Bonchev–Trinajstić information content (AvgIpc) is 1.83. The summed E-state index contributed by atoms with van der Waals surface area (Å²) in [6, 6.07) is 0.243. The number of hydrazine groups is 1. The highest BCUT2D eigenvalue weighted by molar-refractivity contribution is 4.52. The maximum atomic E-state index is 5.25. The predicted molar refractivity (Wildman–Crippen MR) is 37.9 cm³/mol. The molecule has 0 saturated carbocycles. The highest BCUT2D eigenvalue weighted by Crippen LogP contribution is 1.88. The zero-order chi connectivity index (χ0) is 7.28. The second-order valence-corrected chi connectivity index (χ2v) is 2.45. The SMILES string of the molecule is CC(COC(C)C)NN. The third-order valence-corrected chi connectivity index (χ3v) is 0.964. The summed E-state index contributed by atoms with van der Waals surface area (Å²) >= 11 is 0. The van der Waals surface area contributed by atoms with Crippen LogP contribution in [0, 0.1) is 0 Å². The van der Waals surface area contributed by atoms with Gasteiger partial charge < -0.3 is 4.74 Å². The van der Waals surface area contributed by atoms with Crippen LogP contribution in [0.5, 0.6) is 0 Å². The molecule has 0 aliphatic heterocycles. The van der Waals surface area contributed by atoms with Gasteiger partial charge in [-0.1, -0.05) is 0 Å². The number of nitrogens with two attached hydrogens (primary N) is 1. The van der Waals surface area contributed by atoms with Crippen molar-refractivity contribution in [2.24, 2.45) is 5.84 Å². The number of hydrogen-bond donors (Lipinski definition) is 2. The molecule has 0 aliphatic rings. The van der Waals surface area contributed by atoms with Crippen LogP contribution >= 0.6 is 0 Å². The van der Waals surface area contributed by atoms with E-state index < -0.39 is 0 Å². The Labute approximate surface area is 56.5 Å². The van der Waals surface area contributed by atoms with Crippen LogP contribution in [0.15, 0.2) is 0 Å². The first-order chi connectivity index (χ1) is 4.16. The number of ether oxygens (including phenoxy) is 1. The fourth-order valence-corrected chi connectivity index (χ4v) is 0.385. The van der Waals surface area contributed by atoms with Crippen molar-refractivity contribution in [1.29, 1.82) is 0 Å². The molecule has 1 unspecified atom stereocenters. The fraction of sp³-hybridized carbons (Fsp3) is 1.00. The monoisotopic (exact) mass is 132 g/mol. The molecule has 0 bridgehead atoms. The first-order valence-corrected chi connectivity index (χ1v) is 3.24. The van der Waals surface area contributed by atoms with Crippen LogP contribution in [-0.2, 0) is 4.74 Å². The number of hydrogen-bond acceptors (Lipinski definition) is 3. The summed E-state index contributed by atoms with van der Waals surface area (Å²) in [5.41, 5.74) is 2.60. The third-order valence-electron chi connectivity index (χ3n) is 0.964. The normalized spacial score (nSPS) is 14.3. The molecular weight excluding hydrogens is 116 g/mol. The lowest BCUT2D eigenvalue weighted by atomic mass is 10.4. The molecule has 0 aromatic heterocycles. The molecule has 3 N–H and O–H groups in total. The molecule has 9 heavy (non-hydrogen) atoms. The average molecular weight is 132 g/mol. The summed E-state index contributed by atoms with van der Waals surface area (Å²) in [5, 5.41) is 0. The van der Waals surface area contributed by atoms with Gasteiger partial charge in [0.25, 0.3) is 0 Å². The molecule has 0 aliphatic carbocycles. The highest BCUT2D eigenvalue weighted by atomic mass is 16.5. The van der Waals surface area contributed by atoms with Gasteiger partial charge in [0.1, 0.15) is 0 Å². The smallest absolute Gasteiger partial charge is 0.0633 e. The number of nitrogens with one attached hydrogen (secondary N) is 1. The first-order valence-electron chi connectivity index (χ1n) is 3.24. The molecule has 0 saturated heterocycles. The van der Waals surface area contributed by atoms with Crippen molar-refractivity contribution in [2.75, 3.05) is 6.61 Å². The molecular formula is C6H16N2O. The Bertz CT molecular complexity index is 66.1. The minimum absolute atomic E-state index is 0.243. The predicted octanol–water partition coefficient (Wildman–Crippen LogP) is 0.263. The first kappa shape index (κ1) is 8.88. The van der Waals surface area contributed by atoms with Gasteiger partial charge in [0.2, 0.25) is 0 Å². The summed E-state index contributed by atoms with van der Waals surface area (Å²) in [5.74, 6) is 5.13. The van der Waals surface area contributed by atoms with Gasteiger partial charge in [-0.05, 0) is 20.8 Å². The van der Waals surface area contributed by atoms with Crippen molar-refractivity contribution in [3.05, 3.63) is 0 Å². The Balaban J connectivity index is 3.06. The topological polar surface area (TPSA) is 47.3 Å². The van der Waals surface area contributed by atoms with E-state index in [2.05, 4.69) is 5.43 Å². The lowest BCUT2D eigenvalue weighted by Gasteiger charge is -2.12. The Kier molecular flexibility index (Phi) is 4.67. The van der Waals surface area contributed by atoms with E-state index in [1.54, 1.807) is 0 Å². The summed E-state index contributed by atoms with van der Waals surface area (Å²) < 4.78 is 5.25. The van der Waals surface area contributed by atoms with Crippen LogP contribution in [0.25, 0.3) is 0 Å². The van der Waals surface area contributed by atoms with Crippen LogP contribution in [0.4, 0.5) is 0 Å². The molecule has 0 heterocycles. The van der Waals surface area contributed by atoms with Crippen molar-refractivity contribution < 1.29 is 4.74 Å². The zero-order valence-electron chi connectivity index (χ0n) is 6.35. The Morgan fingerprint density at radius 3 is 2.33 bits per heavy atom. The van der Waals surface area contributed by atoms with Gasteiger partial charge in [0.05, 0.1) is 12.7 Å². The second kappa shape index (κ2) is 4.73. The molecule has 0 aromatic rings. The summed E-state index contributed by atoms with van der Waals surface area (Å²) in [6.07, 6.45) is 0.292. The van der Waals surface area contributed by atoms with Gasteiger partial charge >= 0.3 is 0 Å². The van der Waals surface area contributed by atoms with E-state index in [1.165, 1.54) is 0 Å². The van der Waals surface area contributed by atoms with Crippen LogP contribution in [-0.4, -0.2) is 18.8 Å². The fourth-order valence-electron chi connectivity index (χ4n) is 0.385. The van der Waals surface area contributed by atoms with Gasteiger partial charge in [0.15, 0.2) is 0 Å². The van der Waals surface area contributed by atoms with Crippen molar-refractivity contribution in [3.8, 4) is 0 Å². The van der Waals surface area contributed by atoms with Gasteiger partial charge in [0, 0.05) is 6.04 Å². The second-order valence-electron chi connectivity index (χ2n) is 2.45. The molecule has 56 valence electrons. The summed E-state index contributed by atoms with van der Waals surface area (Å²) in [6.45, 7) is 6.66. The lowest BCUT2D eigenvalue weighted by molar-refractivity contribution is 0.0647. The highest BCUT2D eigenvalue weighted by Gasteiger charge is 1.98. The molecule has 0 fully saturated rings. The minimum Gasteiger partial charge on any atom is -0.377 e. The van der Waals surface area contributed by atoms with Gasteiger partial charge in [-0.2, -0.15) is 0 Å². The van der Waals surface area contributed by atoms with Crippen LogP contribution < -0.4 is 11.3 Å². The largest absolute Gasteiger partial charge is 0.377 e. The summed E-state index contributed by atoms with van der Waals surface area (Å²) in [4.78, 5) is 0. The maximum absolute atomic E-state index is 5.25. The van der Waals surface area contributed by atoms with E-state index in [0.717, 1.165) is 0 Å². The molecule has 1 atom stereocenters. The van der Waals surface area contributed by atoms with Crippen molar-refractivity contribution in [2.45, 2.75) is 32.9 Å². The molecule has 3 heteroatoms. The molecule has 0 radical (unpaired) electrons. The molecule has 0 amide bonds. The summed E-state index contributed by atoms with van der Waals surface area (Å²) in [7, 11) is 0. The maximum Gasteiger partial charge on any atom is 0.0633 e. The van der Waals surface area contributed by atoms with Gasteiger partial charge in [-0.3, -0.25) is 11.3 Å². The van der Waals surface area contributed by atoms with Gasteiger partial charge in [-0.15, -0.1) is 0 Å². The van der Waals surface area contributed by atoms with Gasteiger partial charge in [-0.25, -0.2) is 0 Å². The number of rotatable bonds is 4. The van der Waals surface area contributed by atoms with E-state index in [1.807, 2.05) is 20.8 Å². The van der Waals surface area contributed by atoms with E-state index in [9.17, 15) is 0 Å². The standard InChI is InChI=1S/C6H16N2O/c1-5(2)9-4-6(3)8-7/h5-6,8H,4,7H2,1-3H3. The molecule has 0 aromatic carbocycles. The minimum atomic E-state index is 0.243. The van der Waals surface area contributed by atoms with Crippen LogP contribution in [0.2, 0.25) is 0 Å². The van der Waals surface area contributed by atoms with Crippen molar-refractivity contribution >= 4 is 0 Å².